The summed E-state index contributed by atoms with van der Waals surface area (Å²) < 4.78 is 2.61. The summed E-state index contributed by atoms with van der Waals surface area (Å²) >= 11 is 5.08. The first kappa shape index (κ1) is 13.4. The van der Waals surface area contributed by atoms with Crippen LogP contribution in [0.15, 0.2) is 68.9 Å². The van der Waals surface area contributed by atoms with Gasteiger partial charge in [-0.05, 0) is 36.4 Å². The number of thioether (sulfide) groups is 1. The third kappa shape index (κ3) is 2.94. The van der Waals surface area contributed by atoms with Crippen LogP contribution in [-0.4, -0.2) is 9.38 Å². The second-order valence-electron chi connectivity index (χ2n) is 4.26. The number of hydrogen-bond donors (Lipinski definition) is 0. The topological polar surface area (TPSA) is 34.4 Å². The summed E-state index contributed by atoms with van der Waals surface area (Å²) in [5.41, 5.74) is 1.45. The van der Waals surface area contributed by atoms with Crippen molar-refractivity contribution in [2.75, 3.05) is 0 Å². The molecule has 0 spiro atoms. The maximum atomic E-state index is 12.0. The molecule has 0 bridgehead atoms. The van der Waals surface area contributed by atoms with E-state index in [0.29, 0.717) is 11.4 Å². The van der Waals surface area contributed by atoms with Crippen LogP contribution in [0.25, 0.3) is 5.65 Å². The van der Waals surface area contributed by atoms with Crippen LogP contribution in [0, 0.1) is 0 Å². The quantitative estimate of drug-likeness (QED) is 0.677. The molecule has 0 amide bonds. The SMILES string of the molecule is O=c1cc(CSc2ccc(Br)cc2)nc2ccccn12. The second kappa shape index (κ2) is 5.81. The lowest BCUT2D eigenvalue weighted by molar-refractivity contribution is 1.01. The minimum Gasteiger partial charge on any atom is -0.269 e. The molecule has 5 heteroatoms. The van der Waals surface area contributed by atoms with Gasteiger partial charge in [-0.3, -0.25) is 9.20 Å². The molecule has 0 aliphatic heterocycles. The maximum Gasteiger partial charge on any atom is 0.258 e. The van der Waals surface area contributed by atoms with Crippen molar-refractivity contribution in [1.29, 1.82) is 0 Å². The molecule has 0 radical (unpaired) electrons. The molecule has 0 aliphatic rings. The average molecular weight is 347 g/mol. The summed E-state index contributed by atoms with van der Waals surface area (Å²) in [5, 5.41) is 0. The zero-order valence-electron chi connectivity index (χ0n) is 10.5. The Kier molecular flexibility index (Phi) is 3.89. The average Bonchev–Trinajstić information content (AvgIpc) is 2.47. The number of benzene rings is 1. The van der Waals surface area contributed by atoms with Gasteiger partial charge in [0, 0.05) is 27.4 Å². The largest absolute Gasteiger partial charge is 0.269 e. The van der Waals surface area contributed by atoms with E-state index in [0.717, 1.165) is 15.1 Å². The molecular weight excluding hydrogens is 336 g/mol. The number of nitrogens with zero attached hydrogens (tertiary/aromatic N) is 2. The molecular formula is C15H11BrN2OS. The first-order valence-electron chi connectivity index (χ1n) is 6.08. The summed E-state index contributed by atoms with van der Waals surface area (Å²) in [7, 11) is 0. The zero-order chi connectivity index (χ0) is 13.9. The van der Waals surface area contributed by atoms with Gasteiger partial charge in [-0.1, -0.05) is 22.0 Å². The Labute approximate surface area is 128 Å². The van der Waals surface area contributed by atoms with Gasteiger partial charge in [0.15, 0.2) is 0 Å². The monoisotopic (exact) mass is 346 g/mol. The number of fused-ring (bicyclic) bond motifs is 1. The first-order chi connectivity index (χ1) is 9.72. The third-order valence-corrected chi connectivity index (χ3v) is 4.40. The van der Waals surface area contributed by atoms with Gasteiger partial charge in [0.25, 0.3) is 5.56 Å². The highest BCUT2D eigenvalue weighted by Gasteiger charge is 2.03. The van der Waals surface area contributed by atoms with Crippen LogP contribution in [0.2, 0.25) is 0 Å². The van der Waals surface area contributed by atoms with Gasteiger partial charge in [0.1, 0.15) is 5.65 Å². The lowest BCUT2D eigenvalue weighted by atomic mass is 10.4. The molecule has 1 aromatic carbocycles. The Balaban J connectivity index is 1.84. The van der Waals surface area contributed by atoms with Gasteiger partial charge in [0.05, 0.1) is 5.69 Å². The van der Waals surface area contributed by atoms with Crippen molar-refractivity contribution in [1.82, 2.24) is 9.38 Å². The Morgan fingerprint density at radius 1 is 1.15 bits per heavy atom. The molecule has 0 atom stereocenters. The van der Waals surface area contributed by atoms with Crippen LogP contribution in [0.4, 0.5) is 0 Å². The number of aromatic nitrogens is 2. The highest BCUT2D eigenvalue weighted by atomic mass is 79.9. The third-order valence-electron chi connectivity index (χ3n) is 2.82. The minimum absolute atomic E-state index is 0.0398. The van der Waals surface area contributed by atoms with Crippen LogP contribution >= 0.6 is 27.7 Å². The fourth-order valence-electron chi connectivity index (χ4n) is 1.87. The lowest BCUT2D eigenvalue weighted by Gasteiger charge is -2.04. The molecule has 3 nitrogen and oxygen atoms in total. The van der Waals surface area contributed by atoms with Crippen molar-refractivity contribution in [3.05, 3.63) is 75.2 Å². The maximum absolute atomic E-state index is 12.0. The smallest absolute Gasteiger partial charge is 0.258 e. The van der Waals surface area contributed by atoms with Crippen molar-refractivity contribution >= 4 is 33.3 Å². The zero-order valence-corrected chi connectivity index (χ0v) is 12.9. The van der Waals surface area contributed by atoms with E-state index in [2.05, 4.69) is 20.9 Å². The standard InChI is InChI=1S/C15H11BrN2OS/c16-11-4-6-13(7-5-11)20-10-12-9-15(19)18-8-2-1-3-14(18)17-12/h1-9H,10H2. The van der Waals surface area contributed by atoms with Gasteiger partial charge in [0.2, 0.25) is 0 Å². The highest BCUT2D eigenvalue weighted by molar-refractivity contribution is 9.10. The van der Waals surface area contributed by atoms with E-state index in [1.165, 1.54) is 0 Å². The second-order valence-corrected chi connectivity index (χ2v) is 6.22. The Morgan fingerprint density at radius 2 is 1.95 bits per heavy atom. The number of rotatable bonds is 3. The fourth-order valence-corrected chi connectivity index (χ4v) is 2.92. The van der Waals surface area contributed by atoms with E-state index < -0.39 is 0 Å². The van der Waals surface area contributed by atoms with Crippen LogP contribution in [0.3, 0.4) is 0 Å². The summed E-state index contributed by atoms with van der Waals surface area (Å²) in [6.45, 7) is 0. The van der Waals surface area contributed by atoms with Gasteiger partial charge in [-0.25, -0.2) is 4.98 Å². The predicted molar refractivity (Wildman–Crippen MR) is 85.2 cm³/mol. The van der Waals surface area contributed by atoms with Crippen LogP contribution in [-0.2, 0) is 5.75 Å². The normalized spacial score (nSPS) is 10.8. The summed E-state index contributed by atoms with van der Waals surface area (Å²) in [5.74, 6) is 0.683. The molecule has 0 N–H and O–H groups in total. The van der Waals surface area contributed by atoms with E-state index in [9.17, 15) is 4.79 Å². The van der Waals surface area contributed by atoms with E-state index in [1.54, 1.807) is 28.4 Å². The Bertz CT molecular complexity index is 799. The number of halogens is 1. The highest BCUT2D eigenvalue weighted by Crippen LogP contribution is 2.23. The summed E-state index contributed by atoms with van der Waals surface area (Å²) in [4.78, 5) is 17.6. The summed E-state index contributed by atoms with van der Waals surface area (Å²) in [6, 6.07) is 15.2. The van der Waals surface area contributed by atoms with Gasteiger partial charge in [-0.2, -0.15) is 0 Å². The van der Waals surface area contributed by atoms with E-state index in [4.69, 9.17) is 0 Å². The van der Waals surface area contributed by atoms with Crippen LogP contribution in [0.5, 0.6) is 0 Å². The van der Waals surface area contributed by atoms with Gasteiger partial charge in [-0.15, -0.1) is 11.8 Å². The van der Waals surface area contributed by atoms with Crippen LogP contribution < -0.4 is 5.56 Å². The number of pyridine rings is 1. The molecule has 3 aromatic rings. The molecule has 2 aromatic heterocycles. The molecule has 0 fully saturated rings. The molecule has 100 valence electrons. The molecule has 0 unspecified atom stereocenters. The van der Waals surface area contributed by atoms with Gasteiger partial charge >= 0.3 is 0 Å². The molecule has 0 saturated heterocycles. The molecule has 3 rings (SSSR count). The van der Waals surface area contributed by atoms with E-state index >= 15 is 0 Å². The Morgan fingerprint density at radius 3 is 2.75 bits per heavy atom. The molecule has 0 saturated carbocycles. The van der Waals surface area contributed by atoms with Crippen molar-refractivity contribution in [3.8, 4) is 0 Å². The number of hydrogen-bond acceptors (Lipinski definition) is 3. The van der Waals surface area contributed by atoms with Crippen molar-refractivity contribution in [2.24, 2.45) is 0 Å². The van der Waals surface area contributed by atoms with Gasteiger partial charge < -0.3 is 0 Å². The summed E-state index contributed by atoms with van der Waals surface area (Å²) in [6.07, 6.45) is 1.73. The first-order valence-corrected chi connectivity index (χ1v) is 7.86. The van der Waals surface area contributed by atoms with Crippen molar-refractivity contribution < 1.29 is 0 Å². The lowest BCUT2D eigenvalue weighted by Crippen LogP contribution is -2.14. The molecule has 0 aliphatic carbocycles. The molecule has 20 heavy (non-hydrogen) atoms. The van der Waals surface area contributed by atoms with E-state index in [-0.39, 0.29) is 5.56 Å². The Hall–Kier alpha value is -1.59. The minimum atomic E-state index is -0.0398. The van der Waals surface area contributed by atoms with E-state index in [1.807, 2.05) is 42.5 Å². The van der Waals surface area contributed by atoms with Crippen LogP contribution in [0.1, 0.15) is 5.69 Å². The predicted octanol–water partition coefficient (Wildman–Crippen LogP) is 3.75. The van der Waals surface area contributed by atoms with Crippen molar-refractivity contribution in [3.63, 3.8) is 0 Å². The molecule has 2 heterocycles. The van der Waals surface area contributed by atoms with Crippen molar-refractivity contribution in [2.45, 2.75) is 10.6 Å². The fraction of sp³-hybridized carbons (Fsp3) is 0.0667.